The van der Waals surface area contributed by atoms with Gasteiger partial charge in [-0.25, -0.2) is 4.98 Å². The topological polar surface area (TPSA) is 47.3 Å². The van der Waals surface area contributed by atoms with Crippen LogP contribution in [-0.4, -0.2) is 11.6 Å². The third-order valence-corrected chi connectivity index (χ3v) is 3.24. The Hall–Kier alpha value is -1.65. The molecule has 0 amide bonds. The molecule has 1 aromatic carbocycles. The first-order chi connectivity index (χ1) is 9.70. The van der Waals surface area contributed by atoms with Gasteiger partial charge in [-0.1, -0.05) is 24.3 Å². The predicted octanol–water partition coefficient (Wildman–Crippen LogP) is 3.12. The first-order valence-corrected chi connectivity index (χ1v) is 6.99. The Morgan fingerprint density at radius 3 is 2.55 bits per heavy atom. The van der Waals surface area contributed by atoms with Crippen LogP contribution in [0, 0.1) is 13.8 Å². The quantitative estimate of drug-likeness (QED) is 0.842. The highest BCUT2D eigenvalue weighted by Gasteiger charge is 2.06. The van der Waals surface area contributed by atoms with E-state index in [-0.39, 0.29) is 0 Å². The molecule has 0 fully saturated rings. The number of nitrogens with zero attached hydrogens (tertiary/aromatic N) is 1. The largest absolute Gasteiger partial charge is 0.444 e. The lowest BCUT2D eigenvalue weighted by Crippen LogP contribution is -2.14. The second kappa shape index (κ2) is 7.22. The Bertz CT molecular complexity index is 530. The molecule has 0 saturated heterocycles. The van der Waals surface area contributed by atoms with Crippen LogP contribution in [0.4, 0.5) is 0 Å². The number of oxazole rings is 1. The molecule has 0 saturated carbocycles. The highest BCUT2D eigenvalue weighted by molar-refractivity contribution is 5.26. The second-order valence-electron chi connectivity index (χ2n) is 4.76. The van der Waals surface area contributed by atoms with Crippen molar-refractivity contribution in [1.29, 1.82) is 0 Å². The van der Waals surface area contributed by atoms with Crippen LogP contribution in [0.2, 0.25) is 0 Å². The van der Waals surface area contributed by atoms with Crippen molar-refractivity contribution in [2.24, 2.45) is 0 Å². The Balaban J connectivity index is 1.90. The average molecular weight is 274 g/mol. The lowest BCUT2D eigenvalue weighted by Gasteiger charge is -2.09. The number of benzene rings is 1. The van der Waals surface area contributed by atoms with Gasteiger partial charge >= 0.3 is 0 Å². The minimum absolute atomic E-state index is 0.637. The smallest absolute Gasteiger partial charge is 0.208 e. The molecule has 0 aliphatic rings. The summed E-state index contributed by atoms with van der Waals surface area (Å²) < 4.78 is 11.0. The molecule has 0 atom stereocenters. The van der Waals surface area contributed by atoms with Gasteiger partial charge in [0, 0.05) is 13.2 Å². The van der Waals surface area contributed by atoms with Crippen molar-refractivity contribution in [2.75, 3.05) is 6.61 Å². The second-order valence-corrected chi connectivity index (χ2v) is 4.76. The van der Waals surface area contributed by atoms with Crippen LogP contribution < -0.4 is 5.32 Å². The van der Waals surface area contributed by atoms with Gasteiger partial charge in [0.25, 0.3) is 0 Å². The number of rotatable bonds is 7. The van der Waals surface area contributed by atoms with Gasteiger partial charge in [-0.3, -0.25) is 0 Å². The number of hydrogen-bond acceptors (Lipinski definition) is 4. The zero-order valence-corrected chi connectivity index (χ0v) is 12.4. The maximum absolute atomic E-state index is 5.55. The Morgan fingerprint density at radius 2 is 1.90 bits per heavy atom. The summed E-state index contributed by atoms with van der Waals surface area (Å²) in [4.78, 5) is 4.36. The van der Waals surface area contributed by atoms with Crippen LogP contribution in [0.25, 0.3) is 0 Å². The fourth-order valence-corrected chi connectivity index (χ4v) is 2.00. The van der Waals surface area contributed by atoms with Crippen LogP contribution in [0.1, 0.15) is 35.4 Å². The molecule has 0 radical (unpaired) electrons. The van der Waals surface area contributed by atoms with Gasteiger partial charge in [0.2, 0.25) is 5.89 Å². The summed E-state index contributed by atoms with van der Waals surface area (Å²) in [6.07, 6.45) is 0. The molecule has 0 bridgehead atoms. The maximum atomic E-state index is 5.55. The van der Waals surface area contributed by atoms with Crippen LogP contribution in [0.5, 0.6) is 0 Å². The van der Waals surface area contributed by atoms with Crippen molar-refractivity contribution in [3.8, 4) is 0 Å². The monoisotopic (exact) mass is 274 g/mol. The van der Waals surface area contributed by atoms with E-state index in [9.17, 15) is 0 Å². The fourth-order valence-electron chi connectivity index (χ4n) is 2.00. The van der Waals surface area contributed by atoms with Crippen molar-refractivity contribution in [3.05, 3.63) is 52.7 Å². The number of nitrogens with one attached hydrogen (secondary N) is 1. The molecule has 0 aliphatic carbocycles. The minimum atomic E-state index is 0.637. The van der Waals surface area contributed by atoms with E-state index in [4.69, 9.17) is 9.15 Å². The van der Waals surface area contributed by atoms with E-state index in [0.717, 1.165) is 30.5 Å². The third kappa shape index (κ3) is 3.92. The summed E-state index contributed by atoms with van der Waals surface area (Å²) in [5.74, 6) is 1.63. The summed E-state index contributed by atoms with van der Waals surface area (Å²) in [5.41, 5.74) is 3.43. The van der Waals surface area contributed by atoms with Gasteiger partial charge in [0.15, 0.2) is 0 Å². The fraction of sp³-hybridized carbons (Fsp3) is 0.438. The van der Waals surface area contributed by atoms with Crippen molar-refractivity contribution in [1.82, 2.24) is 10.3 Å². The number of aryl methyl sites for hydroxylation is 2. The van der Waals surface area contributed by atoms with Gasteiger partial charge in [0.1, 0.15) is 5.76 Å². The maximum Gasteiger partial charge on any atom is 0.208 e. The molecule has 1 heterocycles. The van der Waals surface area contributed by atoms with E-state index in [1.165, 1.54) is 11.1 Å². The molecule has 4 nitrogen and oxygen atoms in total. The summed E-state index contributed by atoms with van der Waals surface area (Å²) in [6, 6.07) is 8.31. The zero-order chi connectivity index (χ0) is 14.4. The highest BCUT2D eigenvalue weighted by atomic mass is 16.5. The third-order valence-electron chi connectivity index (χ3n) is 3.24. The van der Waals surface area contributed by atoms with Gasteiger partial charge in [-0.15, -0.1) is 0 Å². The SMILES string of the molecule is CCOCc1ccccc1CNCc1nc(C)c(C)o1. The molecule has 1 aromatic heterocycles. The van der Waals surface area contributed by atoms with E-state index in [2.05, 4.69) is 22.4 Å². The Kier molecular flexibility index (Phi) is 5.32. The molecule has 0 spiro atoms. The highest BCUT2D eigenvalue weighted by Crippen LogP contribution is 2.11. The Morgan fingerprint density at radius 1 is 1.15 bits per heavy atom. The van der Waals surface area contributed by atoms with Crippen LogP contribution in [-0.2, 0) is 24.4 Å². The van der Waals surface area contributed by atoms with Crippen LogP contribution >= 0.6 is 0 Å². The van der Waals surface area contributed by atoms with E-state index in [0.29, 0.717) is 13.2 Å². The number of hydrogen-bond donors (Lipinski definition) is 1. The minimum Gasteiger partial charge on any atom is -0.444 e. The predicted molar refractivity (Wildman–Crippen MR) is 78.3 cm³/mol. The summed E-state index contributed by atoms with van der Waals surface area (Å²) in [7, 11) is 0. The summed E-state index contributed by atoms with van der Waals surface area (Å²) in [6.45, 7) is 8.71. The molecule has 2 aromatic rings. The molecule has 4 heteroatoms. The van der Waals surface area contributed by atoms with Gasteiger partial charge in [-0.2, -0.15) is 0 Å². The standard InChI is InChI=1S/C16H22N2O2/c1-4-19-11-15-8-6-5-7-14(15)9-17-10-16-18-12(2)13(3)20-16/h5-8,17H,4,9-11H2,1-3H3. The average Bonchev–Trinajstić information content (AvgIpc) is 2.76. The van der Waals surface area contributed by atoms with E-state index < -0.39 is 0 Å². The van der Waals surface area contributed by atoms with Gasteiger partial charge in [0.05, 0.1) is 18.8 Å². The number of ether oxygens (including phenoxy) is 1. The zero-order valence-electron chi connectivity index (χ0n) is 12.4. The van der Waals surface area contributed by atoms with E-state index in [1.54, 1.807) is 0 Å². The lowest BCUT2D eigenvalue weighted by molar-refractivity contribution is 0.133. The molecular formula is C16H22N2O2. The summed E-state index contributed by atoms with van der Waals surface area (Å²) in [5, 5.41) is 3.36. The molecule has 108 valence electrons. The molecule has 1 N–H and O–H groups in total. The van der Waals surface area contributed by atoms with Crippen LogP contribution in [0.15, 0.2) is 28.7 Å². The van der Waals surface area contributed by atoms with E-state index in [1.807, 2.05) is 32.9 Å². The molecule has 0 unspecified atom stereocenters. The van der Waals surface area contributed by atoms with Crippen LogP contribution in [0.3, 0.4) is 0 Å². The number of aromatic nitrogens is 1. The first-order valence-electron chi connectivity index (χ1n) is 6.99. The van der Waals surface area contributed by atoms with Crippen molar-refractivity contribution in [2.45, 2.75) is 40.5 Å². The lowest BCUT2D eigenvalue weighted by atomic mass is 10.1. The van der Waals surface area contributed by atoms with Crippen molar-refractivity contribution >= 4 is 0 Å². The van der Waals surface area contributed by atoms with E-state index >= 15 is 0 Å². The first kappa shape index (κ1) is 14.8. The molecule has 2 rings (SSSR count). The Labute approximate surface area is 120 Å². The van der Waals surface area contributed by atoms with Crippen molar-refractivity contribution in [3.63, 3.8) is 0 Å². The normalized spacial score (nSPS) is 10.9. The van der Waals surface area contributed by atoms with Gasteiger partial charge in [-0.05, 0) is 31.9 Å². The van der Waals surface area contributed by atoms with Gasteiger partial charge < -0.3 is 14.5 Å². The van der Waals surface area contributed by atoms with Crippen molar-refractivity contribution < 1.29 is 9.15 Å². The molecule has 20 heavy (non-hydrogen) atoms. The molecule has 0 aliphatic heterocycles. The summed E-state index contributed by atoms with van der Waals surface area (Å²) >= 11 is 0. The molecular weight excluding hydrogens is 252 g/mol.